The Labute approximate surface area is 114 Å². The second kappa shape index (κ2) is 6.93. The minimum Gasteiger partial charge on any atom is -0.317 e. The summed E-state index contributed by atoms with van der Waals surface area (Å²) >= 11 is 0. The van der Waals surface area contributed by atoms with Crippen LogP contribution in [0.5, 0.6) is 0 Å². The molecular formula is C14H27F3N2. The summed E-state index contributed by atoms with van der Waals surface area (Å²) in [5.74, 6) is 0.938. The van der Waals surface area contributed by atoms with Gasteiger partial charge in [0.05, 0.1) is 6.54 Å². The zero-order valence-electron chi connectivity index (χ0n) is 12.4. The van der Waals surface area contributed by atoms with Crippen LogP contribution in [0.2, 0.25) is 0 Å². The molecule has 0 saturated heterocycles. The fourth-order valence-electron chi connectivity index (χ4n) is 3.07. The van der Waals surface area contributed by atoms with Crippen molar-refractivity contribution in [3.8, 4) is 0 Å². The molecule has 1 aliphatic rings. The average molecular weight is 280 g/mol. The van der Waals surface area contributed by atoms with Crippen LogP contribution in [0.1, 0.15) is 40.0 Å². The quantitative estimate of drug-likeness (QED) is 0.831. The molecule has 0 aromatic heterocycles. The monoisotopic (exact) mass is 280 g/mol. The van der Waals surface area contributed by atoms with Crippen LogP contribution in [0.15, 0.2) is 0 Å². The van der Waals surface area contributed by atoms with Crippen LogP contribution >= 0.6 is 0 Å². The van der Waals surface area contributed by atoms with E-state index < -0.39 is 12.7 Å². The molecular weight excluding hydrogens is 253 g/mol. The highest BCUT2D eigenvalue weighted by Crippen LogP contribution is 2.30. The summed E-state index contributed by atoms with van der Waals surface area (Å²) in [6.45, 7) is 5.61. The number of halogens is 3. The van der Waals surface area contributed by atoms with E-state index in [9.17, 15) is 13.2 Å². The van der Waals surface area contributed by atoms with Gasteiger partial charge in [0.2, 0.25) is 0 Å². The van der Waals surface area contributed by atoms with Crippen molar-refractivity contribution < 1.29 is 13.2 Å². The molecule has 0 spiro atoms. The van der Waals surface area contributed by atoms with E-state index in [0.29, 0.717) is 24.4 Å². The summed E-state index contributed by atoms with van der Waals surface area (Å²) in [4.78, 5) is 1.56. The number of hydrogen-bond acceptors (Lipinski definition) is 2. The Balaban J connectivity index is 2.65. The number of hydrogen-bond donors (Lipinski definition) is 1. The van der Waals surface area contributed by atoms with Gasteiger partial charge in [-0.1, -0.05) is 6.92 Å². The Bertz CT molecular complexity index is 266. The van der Waals surface area contributed by atoms with Crippen LogP contribution in [0.3, 0.4) is 0 Å². The lowest BCUT2D eigenvalue weighted by molar-refractivity contribution is -0.151. The van der Waals surface area contributed by atoms with Crippen molar-refractivity contribution in [1.82, 2.24) is 10.2 Å². The third-order valence-electron chi connectivity index (χ3n) is 4.20. The van der Waals surface area contributed by atoms with Crippen LogP contribution in [0, 0.1) is 11.8 Å². The zero-order valence-corrected chi connectivity index (χ0v) is 12.4. The molecule has 114 valence electrons. The first-order chi connectivity index (χ1) is 8.73. The predicted molar refractivity (Wildman–Crippen MR) is 72.1 cm³/mol. The molecule has 0 aromatic carbocycles. The number of nitrogens with zero attached hydrogens (tertiary/aromatic N) is 1. The molecule has 1 rings (SSSR count). The standard InChI is InChI=1S/C14H27F3N2/c1-10(2)19(9-14(15,16)17)8-12-7-11(3)5-6-13(12)18-4/h10-13,18H,5-9H2,1-4H3. The molecule has 3 atom stereocenters. The number of rotatable bonds is 5. The third kappa shape index (κ3) is 5.69. The van der Waals surface area contributed by atoms with Gasteiger partial charge in [-0.05, 0) is 52.0 Å². The Hall–Kier alpha value is -0.290. The lowest BCUT2D eigenvalue weighted by atomic mass is 9.78. The first-order valence-corrected chi connectivity index (χ1v) is 7.21. The molecule has 0 heterocycles. The van der Waals surface area contributed by atoms with Crippen LogP contribution in [0.25, 0.3) is 0 Å². The summed E-state index contributed by atoms with van der Waals surface area (Å²) in [6, 6.07) is 0.280. The van der Waals surface area contributed by atoms with Crippen LogP contribution in [-0.2, 0) is 0 Å². The van der Waals surface area contributed by atoms with Gasteiger partial charge in [0.1, 0.15) is 0 Å². The molecule has 0 aliphatic heterocycles. The van der Waals surface area contributed by atoms with E-state index in [0.717, 1.165) is 12.8 Å². The van der Waals surface area contributed by atoms with E-state index >= 15 is 0 Å². The maximum Gasteiger partial charge on any atom is 0.401 e. The molecule has 0 aromatic rings. The van der Waals surface area contributed by atoms with Crippen LogP contribution < -0.4 is 5.32 Å². The van der Waals surface area contributed by atoms with Gasteiger partial charge in [0, 0.05) is 18.6 Å². The molecule has 1 aliphatic carbocycles. The van der Waals surface area contributed by atoms with E-state index in [1.807, 2.05) is 20.9 Å². The Morgan fingerprint density at radius 1 is 1.26 bits per heavy atom. The molecule has 1 N–H and O–H groups in total. The number of alkyl halides is 3. The minimum atomic E-state index is -4.11. The second-order valence-electron chi connectivity index (χ2n) is 6.21. The smallest absolute Gasteiger partial charge is 0.317 e. The molecule has 2 nitrogen and oxygen atoms in total. The predicted octanol–water partition coefficient (Wildman–Crippen LogP) is 3.28. The maximum absolute atomic E-state index is 12.6. The van der Waals surface area contributed by atoms with E-state index in [1.165, 1.54) is 6.42 Å². The van der Waals surface area contributed by atoms with E-state index in [2.05, 4.69) is 12.2 Å². The van der Waals surface area contributed by atoms with Crippen molar-refractivity contribution >= 4 is 0 Å². The number of nitrogens with one attached hydrogen (secondary N) is 1. The Morgan fingerprint density at radius 2 is 1.89 bits per heavy atom. The van der Waals surface area contributed by atoms with Crippen molar-refractivity contribution in [3.63, 3.8) is 0 Å². The summed E-state index contributed by atoms with van der Waals surface area (Å²) in [7, 11) is 1.91. The summed E-state index contributed by atoms with van der Waals surface area (Å²) in [5.41, 5.74) is 0. The van der Waals surface area contributed by atoms with Gasteiger partial charge in [0.15, 0.2) is 0 Å². The van der Waals surface area contributed by atoms with Crippen molar-refractivity contribution in [1.29, 1.82) is 0 Å². The lowest BCUT2D eigenvalue weighted by Gasteiger charge is -2.39. The summed E-state index contributed by atoms with van der Waals surface area (Å²) < 4.78 is 37.9. The van der Waals surface area contributed by atoms with E-state index in [1.54, 1.807) is 4.90 Å². The van der Waals surface area contributed by atoms with Crippen LogP contribution in [0.4, 0.5) is 13.2 Å². The first-order valence-electron chi connectivity index (χ1n) is 7.21. The van der Waals surface area contributed by atoms with Gasteiger partial charge in [0.25, 0.3) is 0 Å². The fraction of sp³-hybridized carbons (Fsp3) is 1.00. The molecule has 0 bridgehead atoms. The molecule has 0 radical (unpaired) electrons. The first kappa shape index (κ1) is 16.8. The molecule has 19 heavy (non-hydrogen) atoms. The Morgan fingerprint density at radius 3 is 2.37 bits per heavy atom. The van der Waals surface area contributed by atoms with Crippen molar-refractivity contribution in [3.05, 3.63) is 0 Å². The summed E-state index contributed by atoms with van der Waals surface area (Å²) in [6.07, 6.45) is -0.852. The highest BCUT2D eigenvalue weighted by molar-refractivity contribution is 4.85. The van der Waals surface area contributed by atoms with E-state index in [-0.39, 0.29) is 6.04 Å². The Kier molecular flexibility index (Phi) is 6.12. The van der Waals surface area contributed by atoms with Crippen molar-refractivity contribution in [2.24, 2.45) is 11.8 Å². The van der Waals surface area contributed by atoms with Gasteiger partial charge in [-0.3, -0.25) is 4.90 Å². The molecule has 5 heteroatoms. The SMILES string of the molecule is CNC1CCC(C)CC1CN(CC(F)(F)F)C(C)C. The molecule has 3 unspecified atom stereocenters. The van der Waals surface area contributed by atoms with Crippen LogP contribution in [-0.4, -0.2) is 43.3 Å². The second-order valence-corrected chi connectivity index (χ2v) is 6.21. The van der Waals surface area contributed by atoms with Gasteiger partial charge >= 0.3 is 6.18 Å². The topological polar surface area (TPSA) is 15.3 Å². The van der Waals surface area contributed by atoms with Gasteiger partial charge in [-0.2, -0.15) is 13.2 Å². The zero-order chi connectivity index (χ0) is 14.6. The highest BCUT2D eigenvalue weighted by atomic mass is 19.4. The van der Waals surface area contributed by atoms with Crippen molar-refractivity contribution in [2.45, 2.75) is 58.3 Å². The van der Waals surface area contributed by atoms with Gasteiger partial charge in [-0.15, -0.1) is 0 Å². The molecule has 1 fully saturated rings. The van der Waals surface area contributed by atoms with Gasteiger partial charge < -0.3 is 5.32 Å². The normalized spacial score (nSPS) is 29.2. The maximum atomic E-state index is 12.6. The minimum absolute atomic E-state index is 0.0728. The lowest BCUT2D eigenvalue weighted by Crippen LogP contribution is -2.48. The molecule has 0 amide bonds. The highest BCUT2D eigenvalue weighted by Gasteiger charge is 2.35. The average Bonchev–Trinajstić information content (AvgIpc) is 2.26. The fourth-order valence-corrected chi connectivity index (χ4v) is 3.07. The molecule has 1 saturated carbocycles. The third-order valence-corrected chi connectivity index (χ3v) is 4.20. The summed E-state index contributed by atoms with van der Waals surface area (Å²) in [5, 5.41) is 3.27. The van der Waals surface area contributed by atoms with E-state index in [4.69, 9.17) is 0 Å². The van der Waals surface area contributed by atoms with Crippen molar-refractivity contribution in [2.75, 3.05) is 20.1 Å². The largest absolute Gasteiger partial charge is 0.401 e. The van der Waals surface area contributed by atoms with Gasteiger partial charge in [-0.25, -0.2) is 0 Å².